The minimum absolute atomic E-state index is 0.0347. The van der Waals surface area contributed by atoms with Crippen LogP contribution >= 0.6 is 0 Å². The van der Waals surface area contributed by atoms with E-state index in [9.17, 15) is 8.42 Å². The molecular weight excluding hydrogens is 254 g/mol. The number of nitrogens with two attached hydrogens (primary N) is 1. The number of sulfonamides is 1. The summed E-state index contributed by atoms with van der Waals surface area (Å²) in [6, 6.07) is 0. The average Bonchev–Trinajstić information content (AvgIpc) is 2.48. The van der Waals surface area contributed by atoms with Gasteiger partial charge in [0, 0.05) is 12.5 Å². The molecule has 18 heavy (non-hydrogen) atoms. The summed E-state index contributed by atoms with van der Waals surface area (Å²) in [6.07, 6.45) is 6.23. The molecule has 1 fully saturated rings. The quantitative estimate of drug-likeness (QED) is 0.562. The first-order valence-electron chi connectivity index (χ1n) is 6.55. The minimum atomic E-state index is -3.45. The summed E-state index contributed by atoms with van der Waals surface area (Å²) in [5, 5.41) is 5.22. The molecule has 0 amide bonds. The molecule has 0 saturated heterocycles. The van der Waals surface area contributed by atoms with Crippen LogP contribution in [0.2, 0.25) is 0 Å². The van der Waals surface area contributed by atoms with Crippen LogP contribution < -0.4 is 5.14 Å². The van der Waals surface area contributed by atoms with Crippen LogP contribution in [0.4, 0.5) is 0 Å². The fourth-order valence-electron chi connectivity index (χ4n) is 2.67. The third-order valence-corrected chi connectivity index (χ3v) is 4.53. The molecule has 0 unspecified atom stereocenters. The van der Waals surface area contributed by atoms with Crippen molar-refractivity contribution in [3.05, 3.63) is 0 Å². The molecule has 0 spiro atoms. The van der Waals surface area contributed by atoms with Crippen molar-refractivity contribution in [3.63, 3.8) is 0 Å². The van der Waals surface area contributed by atoms with Crippen molar-refractivity contribution < 1.29 is 17.9 Å². The first-order chi connectivity index (χ1) is 8.47. The van der Waals surface area contributed by atoms with E-state index in [2.05, 4.69) is 0 Å². The zero-order chi connectivity index (χ0) is 13.5. The highest BCUT2D eigenvalue weighted by Gasteiger charge is 2.35. The Bertz CT molecular complexity index is 321. The van der Waals surface area contributed by atoms with Crippen LogP contribution in [0.1, 0.15) is 38.5 Å². The van der Waals surface area contributed by atoms with E-state index >= 15 is 0 Å². The van der Waals surface area contributed by atoms with E-state index in [4.69, 9.17) is 14.6 Å². The van der Waals surface area contributed by atoms with E-state index in [0.29, 0.717) is 19.8 Å². The van der Waals surface area contributed by atoms with E-state index in [-0.39, 0.29) is 11.2 Å². The summed E-state index contributed by atoms with van der Waals surface area (Å²) < 4.78 is 33.3. The molecule has 1 aliphatic carbocycles. The fraction of sp³-hybridized carbons (Fsp3) is 1.00. The van der Waals surface area contributed by atoms with Gasteiger partial charge in [-0.2, -0.15) is 0 Å². The molecule has 6 heteroatoms. The van der Waals surface area contributed by atoms with Gasteiger partial charge in [-0.1, -0.05) is 25.7 Å². The first-order valence-corrected chi connectivity index (χ1v) is 8.26. The second kappa shape index (κ2) is 7.43. The maximum atomic E-state index is 11.4. The molecule has 0 bridgehead atoms. The highest BCUT2D eigenvalue weighted by Crippen LogP contribution is 2.36. The lowest BCUT2D eigenvalue weighted by Gasteiger charge is -2.31. The Morgan fingerprint density at radius 1 is 1.11 bits per heavy atom. The van der Waals surface area contributed by atoms with E-state index in [1.807, 2.05) is 0 Å². The summed E-state index contributed by atoms with van der Waals surface area (Å²) in [5.74, 6) is 0.0347. The zero-order valence-corrected chi connectivity index (χ0v) is 12.0. The third-order valence-electron chi connectivity index (χ3n) is 3.51. The molecule has 108 valence electrons. The van der Waals surface area contributed by atoms with Crippen molar-refractivity contribution in [2.45, 2.75) is 38.5 Å². The van der Waals surface area contributed by atoms with Gasteiger partial charge in [-0.3, -0.25) is 0 Å². The molecule has 1 rings (SSSR count). The number of methoxy groups -OCH3 is 1. The molecule has 2 N–H and O–H groups in total. The summed E-state index contributed by atoms with van der Waals surface area (Å²) in [5.41, 5.74) is -0.294. The topological polar surface area (TPSA) is 78.6 Å². The molecule has 5 nitrogen and oxygen atoms in total. The Morgan fingerprint density at radius 2 is 1.72 bits per heavy atom. The average molecular weight is 279 g/mol. The second-order valence-electron chi connectivity index (χ2n) is 5.27. The van der Waals surface area contributed by atoms with Crippen LogP contribution in [0.25, 0.3) is 0 Å². The Hall–Kier alpha value is -0.170. The Labute approximate surface area is 110 Å². The number of ether oxygens (including phenoxy) is 2. The summed E-state index contributed by atoms with van der Waals surface area (Å²) in [6.45, 7) is 1.50. The third kappa shape index (κ3) is 6.13. The van der Waals surface area contributed by atoms with Gasteiger partial charge in [-0.05, 0) is 12.8 Å². The van der Waals surface area contributed by atoms with Gasteiger partial charge in [0.25, 0.3) is 0 Å². The zero-order valence-electron chi connectivity index (χ0n) is 11.2. The maximum absolute atomic E-state index is 11.4. The van der Waals surface area contributed by atoms with Gasteiger partial charge in [0.1, 0.15) is 0 Å². The molecule has 0 atom stereocenters. The van der Waals surface area contributed by atoms with Gasteiger partial charge >= 0.3 is 0 Å². The lowest BCUT2D eigenvalue weighted by molar-refractivity contribution is 0.0171. The number of hydrogen-bond donors (Lipinski definition) is 1. The van der Waals surface area contributed by atoms with Gasteiger partial charge in [0.2, 0.25) is 10.0 Å². The van der Waals surface area contributed by atoms with Crippen molar-refractivity contribution in [1.82, 2.24) is 0 Å². The molecule has 0 radical (unpaired) electrons. The largest absolute Gasteiger partial charge is 0.382 e. The molecule has 0 aromatic heterocycles. The van der Waals surface area contributed by atoms with Crippen molar-refractivity contribution in [1.29, 1.82) is 0 Å². The smallest absolute Gasteiger partial charge is 0.209 e. The van der Waals surface area contributed by atoms with Crippen molar-refractivity contribution in [2.24, 2.45) is 10.6 Å². The van der Waals surface area contributed by atoms with E-state index in [1.165, 1.54) is 12.8 Å². The van der Waals surface area contributed by atoms with Crippen LogP contribution in [0, 0.1) is 5.41 Å². The Morgan fingerprint density at radius 3 is 2.22 bits per heavy atom. The van der Waals surface area contributed by atoms with Crippen LogP contribution in [-0.2, 0) is 19.5 Å². The molecule has 1 aliphatic rings. The second-order valence-corrected chi connectivity index (χ2v) is 6.88. The molecule has 0 aromatic rings. The number of rotatable bonds is 7. The van der Waals surface area contributed by atoms with Gasteiger partial charge in [-0.15, -0.1) is 0 Å². The van der Waals surface area contributed by atoms with Crippen molar-refractivity contribution in [2.75, 3.05) is 32.7 Å². The van der Waals surface area contributed by atoms with Crippen molar-refractivity contribution >= 4 is 10.0 Å². The molecule has 0 aliphatic heterocycles. The summed E-state index contributed by atoms with van der Waals surface area (Å²) in [4.78, 5) is 0. The predicted molar refractivity (Wildman–Crippen MR) is 70.8 cm³/mol. The number of primary sulfonamides is 1. The van der Waals surface area contributed by atoms with Crippen molar-refractivity contribution in [3.8, 4) is 0 Å². The van der Waals surface area contributed by atoms with Crippen LogP contribution in [-0.4, -0.2) is 41.1 Å². The lowest BCUT2D eigenvalue weighted by atomic mass is 9.83. The summed E-state index contributed by atoms with van der Waals surface area (Å²) in [7, 11) is -1.83. The van der Waals surface area contributed by atoms with Gasteiger partial charge in [0.05, 0.1) is 25.6 Å². The molecular formula is C12H25NO4S. The molecule has 0 heterocycles. The minimum Gasteiger partial charge on any atom is -0.382 e. The first kappa shape index (κ1) is 15.9. The van der Waals surface area contributed by atoms with Crippen LogP contribution in [0.5, 0.6) is 0 Å². The van der Waals surface area contributed by atoms with E-state index < -0.39 is 10.0 Å². The van der Waals surface area contributed by atoms with Gasteiger partial charge < -0.3 is 9.47 Å². The standard InChI is InChI=1S/C12H25NO4S/c1-16-8-9-17-10-12(11-18(13,14)15)6-4-2-3-5-7-12/h2-11H2,1H3,(H2,13,14,15). The summed E-state index contributed by atoms with van der Waals surface area (Å²) >= 11 is 0. The normalized spacial score (nSPS) is 20.6. The van der Waals surface area contributed by atoms with Crippen LogP contribution in [0.3, 0.4) is 0 Å². The Kier molecular flexibility index (Phi) is 6.55. The fourth-order valence-corrected chi connectivity index (χ4v) is 3.89. The predicted octanol–water partition coefficient (Wildman–Crippen LogP) is 1.28. The maximum Gasteiger partial charge on any atom is 0.209 e. The van der Waals surface area contributed by atoms with Gasteiger partial charge in [-0.25, -0.2) is 13.6 Å². The highest BCUT2D eigenvalue weighted by molar-refractivity contribution is 7.89. The molecule has 1 saturated carbocycles. The van der Waals surface area contributed by atoms with Gasteiger partial charge in [0.15, 0.2) is 0 Å². The number of hydrogen-bond acceptors (Lipinski definition) is 4. The van der Waals surface area contributed by atoms with Crippen LogP contribution in [0.15, 0.2) is 0 Å². The highest BCUT2D eigenvalue weighted by atomic mass is 32.2. The SMILES string of the molecule is COCCOCC1(CS(N)(=O)=O)CCCCCC1. The van der Waals surface area contributed by atoms with E-state index in [0.717, 1.165) is 25.7 Å². The molecule has 0 aromatic carbocycles. The Balaban J connectivity index is 2.60. The van der Waals surface area contributed by atoms with E-state index in [1.54, 1.807) is 7.11 Å². The lowest BCUT2D eigenvalue weighted by Crippen LogP contribution is -2.37. The monoisotopic (exact) mass is 279 g/mol.